The summed E-state index contributed by atoms with van der Waals surface area (Å²) in [5, 5.41) is 16.8. The van der Waals surface area contributed by atoms with E-state index in [4.69, 9.17) is 33.0 Å². The van der Waals surface area contributed by atoms with Crippen LogP contribution in [-0.4, -0.2) is 68.7 Å². The lowest BCUT2D eigenvalue weighted by Crippen LogP contribution is -2.71. The van der Waals surface area contributed by atoms with Crippen LogP contribution in [0.4, 0.5) is 5.95 Å². The number of nitriles is 1. The number of ether oxygens (including phenoxy) is 1. The van der Waals surface area contributed by atoms with Crippen molar-refractivity contribution in [2.24, 2.45) is 5.92 Å². The SMILES string of the molecule is CC(C)C(=O)Nc1nc(O[Si](c2ccccc2)(c2ccccc2)c2ccccc2)c2ncn([C@H]3C[C@H](O[Si](C)(C)C(C)(C)C)[C@@](C#N)(CO[Si](C)(C)C(C)(C)C)O3)c2n1. The summed E-state index contributed by atoms with van der Waals surface area (Å²) in [5.74, 6) is -0.287. The molecular weight excluding hydrogens is 789 g/mol. The van der Waals surface area contributed by atoms with E-state index in [-0.39, 0.29) is 40.3 Å². The predicted octanol–water partition coefficient (Wildman–Crippen LogP) is 8.06. The summed E-state index contributed by atoms with van der Waals surface area (Å²) in [5.41, 5.74) is -0.630. The summed E-state index contributed by atoms with van der Waals surface area (Å²) in [6, 6.07) is 33.1. The second kappa shape index (κ2) is 16.5. The summed E-state index contributed by atoms with van der Waals surface area (Å²) < 4.78 is 30.0. The standard InChI is InChI=1S/C45H60N6O5Si3/c1-32(2)40(52)49-42-48-39-38(41(50-42)56-59(33-22-16-13-17-23-33,34-24-18-14-19-25-34)35-26-20-15-21-27-35)47-31-51(39)37-28-36(55-58(11,12)44(6,7)8)45(29-46,54-37)30-53-57(9,10)43(3,4)5/h13-27,31-32,36-37H,28,30H2,1-12H3,(H,48,49,50,52)/t36-,37+,45+/m0/s1. The van der Waals surface area contributed by atoms with Gasteiger partial charge >= 0.3 is 8.32 Å². The molecule has 312 valence electrons. The molecule has 2 aromatic heterocycles. The van der Waals surface area contributed by atoms with Crippen LogP contribution >= 0.6 is 0 Å². The number of anilines is 1. The summed E-state index contributed by atoms with van der Waals surface area (Å²) in [6.07, 6.45) is 0.686. The van der Waals surface area contributed by atoms with Gasteiger partial charge in [-0.2, -0.15) is 15.2 Å². The Balaban J connectivity index is 1.53. The van der Waals surface area contributed by atoms with Gasteiger partial charge < -0.3 is 18.0 Å². The summed E-state index contributed by atoms with van der Waals surface area (Å²) in [4.78, 5) is 28.0. The first-order valence-corrected chi connectivity index (χ1v) is 28.2. The van der Waals surface area contributed by atoms with E-state index in [1.165, 1.54) is 0 Å². The van der Waals surface area contributed by atoms with E-state index in [1.807, 2.05) is 73.0 Å². The third-order valence-electron chi connectivity index (χ3n) is 12.4. The van der Waals surface area contributed by atoms with Crippen LogP contribution in [0.5, 0.6) is 5.88 Å². The first-order valence-electron chi connectivity index (χ1n) is 20.5. The van der Waals surface area contributed by atoms with Crippen LogP contribution in [0.15, 0.2) is 97.3 Å². The fourth-order valence-electron chi connectivity index (χ4n) is 6.67. The number of hydrogen-bond donors (Lipinski definition) is 1. The molecule has 3 aromatic carbocycles. The highest BCUT2D eigenvalue weighted by atomic mass is 28.4. The highest BCUT2D eigenvalue weighted by Gasteiger charge is 2.56. The molecule has 0 radical (unpaired) electrons. The number of aromatic nitrogens is 4. The molecule has 1 N–H and O–H groups in total. The summed E-state index contributed by atoms with van der Waals surface area (Å²) in [6.45, 7) is 25.5. The Morgan fingerprint density at radius 3 is 1.83 bits per heavy atom. The summed E-state index contributed by atoms with van der Waals surface area (Å²) >= 11 is 0. The van der Waals surface area contributed by atoms with Crippen molar-refractivity contribution >= 4 is 63.5 Å². The maximum Gasteiger partial charge on any atom is 0.348 e. The van der Waals surface area contributed by atoms with Crippen molar-refractivity contribution in [1.82, 2.24) is 19.5 Å². The highest BCUT2D eigenvalue weighted by molar-refractivity contribution is 7.07. The van der Waals surface area contributed by atoms with Gasteiger partial charge in [-0.3, -0.25) is 14.7 Å². The minimum Gasteiger partial charge on any atom is -0.515 e. The molecule has 1 aliphatic rings. The molecule has 5 aromatic rings. The van der Waals surface area contributed by atoms with Crippen molar-refractivity contribution in [3.8, 4) is 11.9 Å². The topological polar surface area (TPSA) is 133 Å². The molecule has 14 heteroatoms. The molecule has 0 bridgehead atoms. The van der Waals surface area contributed by atoms with Crippen LogP contribution < -0.4 is 25.3 Å². The Bertz CT molecular complexity index is 2190. The Labute approximate surface area is 352 Å². The highest BCUT2D eigenvalue weighted by Crippen LogP contribution is 2.47. The molecule has 0 saturated carbocycles. The lowest BCUT2D eigenvalue weighted by atomic mass is 10.00. The maximum atomic E-state index is 13.3. The number of carbonyl (C=O) groups is 1. The number of nitrogens with zero attached hydrogens (tertiary/aromatic N) is 5. The molecule has 1 saturated heterocycles. The van der Waals surface area contributed by atoms with E-state index in [1.54, 1.807) is 6.33 Å². The molecule has 1 amide bonds. The Hall–Kier alpha value is -4.50. The average Bonchev–Trinajstić information content (AvgIpc) is 3.77. The zero-order valence-electron chi connectivity index (χ0n) is 36.7. The van der Waals surface area contributed by atoms with E-state index >= 15 is 0 Å². The Kier molecular flexibility index (Phi) is 12.3. The Morgan fingerprint density at radius 2 is 1.37 bits per heavy atom. The first-order chi connectivity index (χ1) is 27.6. The molecule has 11 nitrogen and oxygen atoms in total. The molecule has 0 spiro atoms. The van der Waals surface area contributed by atoms with Gasteiger partial charge in [0.2, 0.25) is 23.3 Å². The van der Waals surface area contributed by atoms with E-state index in [0.717, 1.165) is 15.6 Å². The first kappa shape index (κ1) is 44.1. The fourth-order valence-corrected chi connectivity index (χ4v) is 12.8. The zero-order chi connectivity index (χ0) is 43.0. The molecule has 6 rings (SSSR count). The zero-order valence-corrected chi connectivity index (χ0v) is 39.7. The molecule has 3 atom stereocenters. The van der Waals surface area contributed by atoms with Crippen molar-refractivity contribution < 1.29 is 22.8 Å². The van der Waals surface area contributed by atoms with Crippen LogP contribution in [0.3, 0.4) is 0 Å². The van der Waals surface area contributed by atoms with Gasteiger partial charge in [0.05, 0.1) is 19.0 Å². The second-order valence-corrected chi connectivity index (χ2v) is 31.8. The van der Waals surface area contributed by atoms with Crippen LogP contribution in [0.2, 0.25) is 36.3 Å². The number of nitrogens with one attached hydrogen (secondary N) is 1. The number of hydrogen-bond acceptors (Lipinski definition) is 9. The van der Waals surface area contributed by atoms with E-state index < -0.39 is 42.9 Å². The molecule has 1 aliphatic heterocycles. The quantitative estimate of drug-likeness (QED) is 0.0923. The van der Waals surface area contributed by atoms with Crippen molar-refractivity contribution in [2.45, 2.75) is 116 Å². The van der Waals surface area contributed by atoms with E-state index in [2.05, 4.69) is 116 Å². The van der Waals surface area contributed by atoms with Gasteiger partial charge in [-0.15, -0.1) is 0 Å². The average molecular weight is 849 g/mol. The van der Waals surface area contributed by atoms with Gasteiger partial charge in [-0.1, -0.05) is 146 Å². The minimum absolute atomic E-state index is 0.0563. The molecule has 0 aliphatic carbocycles. The number of fused-ring (bicyclic) bond motifs is 1. The third kappa shape index (κ3) is 8.73. The molecule has 0 unspecified atom stereocenters. The maximum absolute atomic E-state index is 13.3. The number of amides is 1. The fraction of sp³-hybridized carbons (Fsp3) is 0.444. The lowest BCUT2D eigenvalue weighted by Gasteiger charge is -2.42. The smallest absolute Gasteiger partial charge is 0.348 e. The number of rotatable bonds is 13. The van der Waals surface area contributed by atoms with Crippen molar-refractivity contribution in [1.29, 1.82) is 5.26 Å². The monoisotopic (exact) mass is 848 g/mol. The number of imidazole rings is 1. The largest absolute Gasteiger partial charge is 0.515 e. The predicted molar refractivity (Wildman–Crippen MR) is 242 cm³/mol. The normalized spacial score (nSPS) is 19.2. The number of benzene rings is 3. The van der Waals surface area contributed by atoms with Gasteiger partial charge in [0.15, 0.2) is 27.8 Å². The van der Waals surface area contributed by atoms with Gasteiger partial charge in [0, 0.05) is 12.3 Å². The van der Waals surface area contributed by atoms with Gasteiger partial charge in [0.25, 0.3) is 0 Å². The molecule has 59 heavy (non-hydrogen) atoms. The van der Waals surface area contributed by atoms with E-state index in [9.17, 15) is 10.1 Å². The number of carbonyl (C=O) groups excluding carboxylic acids is 1. The van der Waals surface area contributed by atoms with Gasteiger partial charge in [-0.25, -0.2) is 4.98 Å². The second-order valence-electron chi connectivity index (χ2n) is 18.9. The molecule has 3 heterocycles. The molecule has 1 fully saturated rings. The van der Waals surface area contributed by atoms with Crippen LogP contribution in [0.25, 0.3) is 11.2 Å². The Morgan fingerprint density at radius 1 is 0.864 bits per heavy atom. The van der Waals surface area contributed by atoms with Crippen molar-refractivity contribution in [3.63, 3.8) is 0 Å². The van der Waals surface area contributed by atoms with Crippen LogP contribution in [0.1, 0.15) is 68.0 Å². The minimum atomic E-state index is -3.37. The summed E-state index contributed by atoms with van der Waals surface area (Å²) in [7, 11) is -8.09. The van der Waals surface area contributed by atoms with Gasteiger partial charge in [-0.05, 0) is 51.8 Å². The van der Waals surface area contributed by atoms with E-state index in [0.29, 0.717) is 17.6 Å². The lowest BCUT2D eigenvalue weighted by molar-refractivity contribution is -0.118. The van der Waals surface area contributed by atoms with Crippen LogP contribution in [-0.2, 0) is 18.4 Å². The molecular formula is C45H60N6O5Si3. The van der Waals surface area contributed by atoms with Gasteiger partial charge in [0.1, 0.15) is 12.3 Å². The third-order valence-corrected chi connectivity index (χ3v) is 25.3. The van der Waals surface area contributed by atoms with Crippen LogP contribution in [0, 0.1) is 17.2 Å². The van der Waals surface area contributed by atoms with Crippen molar-refractivity contribution in [3.05, 3.63) is 97.3 Å². The van der Waals surface area contributed by atoms with Crippen molar-refractivity contribution in [2.75, 3.05) is 11.9 Å².